The van der Waals surface area contributed by atoms with Crippen molar-refractivity contribution >= 4 is 12.0 Å². The summed E-state index contributed by atoms with van der Waals surface area (Å²) in [7, 11) is 0. The summed E-state index contributed by atoms with van der Waals surface area (Å²) in [5, 5.41) is 0. The van der Waals surface area contributed by atoms with E-state index >= 15 is 0 Å². The highest BCUT2D eigenvalue weighted by atomic mass is 16.2. The van der Waals surface area contributed by atoms with E-state index in [2.05, 4.69) is 18.7 Å². The summed E-state index contributed by atoms with van der Waals surface area (Å²) in [5.74, 6) is 0.203. The highest BCUT2D eigenvalue weighted by Gasteiger charge is 2.32. The molecule has 0 N–H and O–H groups in total. The van der Waals surface area contributed by atoms with Crippen molar-refractivity contribution in [3.8, 4) is 0 Å². The van der Waals surface area contributed by atoms with Gasteiger partial charge in [-0.05, 0) is 17.2 Å². The summed E-state index contributed by atoms with van der Waals surface area (Å²) in [5.41, 5.74) is 3.04. The van der Waals surface area contributed by atoms with Crippen LogP contribution in [0, 0.1) is 5.92 Å². The molecular weight excluding hydrogens is 270 g/mol. The van der Waals surface area contributed by atoms with Crippen molar-refractivity contribution in [2.24, 2.45) is 5.92 Å². The van der Waals surface area contributed by atoms with Crippen LogP contribution in [0.5, 0.6) is 0 Å². The maximum absolute atomic E-state index is 12.7. The summed E-state index contributed by atoms with van der Waals surface area (Å²) < 4.78 is 0. The van der Waals surface area contributed by atoms with Gasteiger partial charge < -0.3 is 4.90 Å². The molecule has 2 aromatic rings. The van der Waals surface area contributed by atoms with Crippen LogP contribution in [0.4, 0.5) is 0 Å². The number of likely N-dealkylation sites (tertiary alicyclic amines) is 1. The average molecular weight is 289 g/mol. The van der Waals surface area contributed by atoms with Crippen LogP contribution in [-0.2, 0) is 11.3 Å². The second-order valence-electron chi connectivity index (χ2n) is 5.52. The van der Waals surface area contributed by atoms with Gasteiger partial charge in [-0.15, -0.1) is 6.58 Å². The van der Waals surface area contributed by atoms with Gasteiger partial charge in [0, 0.05) is 24.6 Å². The van der Waals surface area contributed by atoms with Crippen molar-refractivity contribution < 1.29 is 4.79 Å². The lowest BCUT2D eigenvalue weighted by Crippen LogP contribution is -2.24. The van der Waals surface area contributed by atoms with E-state index in [0.29, 0.717) is 13.1 Å². The molecule has 0 spiro atoms. The SMILES string of the molecule is C=CC1CN(Cc2ccccc2)C(=O)/C1=C\c1ccccc1. The van der Waals surface area contributed by atoms with Gasteiger partial charge in [0.1, 0.15) is 0 Å². The van der Waals surface area contributed by atoms with Crippen molar-refractivity contribution in [2.75, 3.05) is 6.54 Å². The lowest BCUT2D eigenvalue weighted by molar-refractivity contribution is -0.125. The van der Waals surface area contributed by atoms with Gasteiger partial charge in [0.2, 0.25) is 0 Å². The molecule has 0 aliphatic carbocycles. The molecule has 2 heteroatoms. The minimum atomic E-state index is 0.0939. The fraction of sp³-hybridized carbons (Fsp3) is 0.150. The minimum absolute atomic E-state index is 0.0939. The Balaban J connectivity index is 1.84. The smallest absolute Gasteiger partial charge is 0.250 e. The lowest BCUT2D eigenvalue weighted by atomic mass is 10.00. The number of rotatable bonds is 4. The lowest BCUT2D eigenvalue weighted by Gasteiger charge is -2.15. The maximum Gasteiger partial charge on any atom is 0.250 e. The van der Waals surface area contributed by atoms with Crippen LogP contribution in [0.15, 0.2) is 78.9 Å². The summed E-state index contributed by atoms with van der Waals surface area (Å²) in [6.45, 7) is 5.24. The Morgan fingerprint density at radius 2 is 1.68 bits per heavy atom. The van der Waals surface area contributed by atoms with Crippen molar-refractivity contribution in [3.05, 3.63) is 90.0 Å². The molecule has 2 aromatic carbocycles. The molecule has 3 rings (SSSR count). The van der Waals surface area contributed by atoms with Crippen molar-refractivity contribution in [2.45, 2.75) is 6.54 Å². The average Bonchev–Trinajstić information content (AvgIpc) is 2.86. The van der Waals surface area contributed by atoms with E-state index in [-0.39, 0.29) is 11.8 Å². The quantitative estimate of drug-likeness (QED) is 0.617. The molecule has 1 heterocycles. The zero-order valence-electron chi connectivity index (χ0n) is 12.5. The van der Waals surface area contributed by atoms with E-state index in [4.69, 9.17) is 0 Å². The van der Waals surface area contributed by atoms with E-state index in [0.717, 1.165) is 16.7 Å². The number of hydrogen-bond acceptors (Lipinski definition) is 1. The van der Waals surface area contributed by atoms with Crippen LogP contribution in [0.2, 0.25) is 0 Å². The maximum atomic E-state index is 12.7. The second kappa shape index (κ2) is 6.44. The third-order valence-corrected chi connectivity index (χ3v) is 3.97. The Kier molecular flexibility index (Phi) is 4.19. The normalized spacial score (nSPS) is 19.6. The Morgan fingerprint density at radius 1 is 1.05 bits per heavy atom. The van der Waals surface area contributed by atoms with Crippen LogP contribution in [0.1, 0.15) is 11.1 Å². The van der Waals surface area contributed by atoms with E-state index in [1.54, 1.807) is 0 Å². The summed E-state index contributed by atoms with van der Waals surface area (Å²) in [6.07, 6.45) is 3.86. The highest BCUT2D eigenvalue weighted by molar-refractivity contribution is 6.01. The van der Waals surface area contributed by atoms with Crippen molar-refractivity contribution in [3.63, 3.8) is 0 Å². The number of benzene rings is 2. The molecule has 1 unspecified atom stereocenters. The van der Waals surface area contributed by atoms with Crippen molar-refractivity contribution in [1.82, 2.24) is 4.90 Å². The van der Waals surface area contributed by atoms with Gasteiger partial charge in [0.25, 0.3) is 5.91 Å². The zero-order chi connectivity index (χ0) is 15.4. The van der Waals surface area contributed by atoms with E-state index in [1.165, 1.54) is 0 Å². The zero-order valence-corrected chi connectivity index (χ0v) is 12.5. The third kappa shape index (κ3) is 3.01. The van der Waals surface area contributed by atoms with Gasteiger partial charge in [-0.3, -0.25) is 4.79 Å². The molecule has 110 valence electrons. The molecular formula is C20H19NO. The van der Waals surface area contributed by atoms with Gasteiger partial charge in [-0.1, -0.05) is 66.7 Å². The molecule has 22 heavy (non-hydrogen) atoms. The minimum Gasteiger partial charge on any atom is -0.334 e. The van der Waals surface area contributed by atoms with Gasteiger partial charge in [-0.25, -0.2) is 0 Å². The summed E-state index contributed by atoms with van der Waals surface area (Å²) >= 11 is 0. The number of nitrogens with zero attached hydrogens (tertiary/aromatic N) is 1. The Bertz CT molecular complexity index is 688. The van der Waals surface area contributed by atoms with Gasteiger partial charge in [0.15, 0.2) is 0 Å². The number of amides is 1. The van der Waals surface area contributed by atoms with Crippen molar-refractivity contribution in [1.29, 1.82) is 0 Å². The first-order valence-electron chi connectivity index (χ1n) is 7.50. The largest absolute Gasteiger partial charge is 0.334 e. The summed E-state index contributed by atoms with van der Waals surface area (Å²) in [4.78, 5) is 14.6. The Hall–Kier alpha value is -2.61. The molecule has 2 nitrogen and oxygen atoms in total. The first kappa shape index (κ1) is 14.3. The van der Waals surface area contributed by atoms with Crippen LogP contribution < -0.4 is 0 Å². The number of carbonyl (C=O) groups is 1. The fourth-order valence-corrected chi connectivity index (χ4v) is 2.80. The van der Waals surface area contributed by atoms with Crippen LogP contribution in [-0.4, -0.2) is 17.4 Å². The Labute approximate surface area is 131 Å². The molecule has 1 fully saturated rings. The molecule has 1 aliphatic rings. The topological polar surface area (TPSA) is 20.3 Å². The molecule has 0 aromatic heterocycles. The molecule has 0 radical (unpaired) electrons. The van der Waals surface area contributed by atoms with Crippen LogP contribution in [0.25, 0.3) is 6.08 Å². The van der Waals surface area contributed by atoms with E-state index < -0.39 is 0 Å². The standard InChI is InChI=1S/C20H19NO/c1-2-18-15-21(14-17-11-7-4-8-12-17)20(22)19(18)13-16-9-5-3-6-10-16/h2-13,18H,1,14-15H2/b19-13-. The molecule has 0 saturated carbocycles. The fourth-order valence-electron chi connectivity index (χ4n) is 2.80. The first-order chi connectivity index (χ1) is 10.8. The molecule has 0 bridgehead atoms. The predicted molar refractivity (Wildman–Crippen MR) is 90.0 cm³/mol. The molecule has 1 amide bonds. The molecule has 1 aliphatic heterocycles. The Morgan fingerprint density at radius 3 is 2.32 bits per heavy atom. The monoisotopic (exact) mass is 289 g/mol. The third-order valence-electron chi connectivity index (χ3n) is 3.97. The number of carbonyl (C=O) groups excluding carboxylic acids is 1. The summed E-state index contributed by atoms with van der Waals surface area (Å²) in [6, 6.07) is 20.1. The van der Waals surface area contributed by atoms with Crippen LogP contribution >= 0.6 is 0 Å². The van der Waals surface area contributed by atoms with Gasteiger partial charge in [-0.2, -0.15) is 0 Å². The second-order valence-corrected chi connectivity index (χ2v) is 5.52. The number of hydrogen-bond donors (Lipinski definition) is 0. The van der Waals surface area contributed by atoms with E-state index in [9.17, 15) is 4.79 Å². The molecule has 1 atom stereocenters. The predicted octanol–water partition coefficient (Wildman–Crippen LogP) is 3.91. The van der Waals surface area contributed by atoms with Gasteiger partial charge in [0.05, 0.1) is 0 Å². The van der Waals surface area contributed by atoms with E-state index in [1.807, 2.05) is 65.6 Å². The first-order valence-corrected chi connectivity index (χ1v) is 7.50. The van der Waals surface area contributed by atoms with Gasteiger partial charge >= 0.3 is 0 Å². The highest BCUT2D eigenvalue weighted by Crippen LogP contribution is 2.28. The molecule has 1 saturated heterocycles. The van der Waals surface area contributed by atoms with Crippen LogP contribution in [0.3, 0.4) is 0 Å².